The van der Waals surface area contributed by atoms with Crippen molar-refractivity contribution in [1.29, 1.82) is 0 Å². The molecule has 0 unspecified atom stereocenters. The molecule has 1 fully saturated rings. The van der Waals surface area contributed by atoms with Crippen LogP contribution in [0.5, 0.6) is 0 Å². The van der Waals surface area contributed by atoms with E-state index in [1.807, 2.05) is 20.2 Å². The predicted octanol–water partition coefficient (Wildman–Crippen LogP) is 2.71. The van der Waals surface area contributed by atoms with Crippen LogP contribution in [-0.2, 0) is 23.0 Å². The lowest BCUT2D eigenvalue weighted by Gasteiger charge is -2.19. The van der Waals surface area contributed by atoms with E-state index in [-0.39, 0.29) is 29.5 Å². The minimum absolute atomic E-state index is 0.106. The number of nitrogens with zero attached hydrogens (tertiary/aromatic N) is 2. The summed E-state index contributed by atoms with van der Waals surface area (Å²) in [7, 11) is 1.86. The minimum Gasteiger partial charge on any atom is -0.371 e. The van der Waals surface area contributed by atoms with Crippen LogP contribution in [0.1, 0.15) is 29.3 Å². The molecular formula is C17H19ClFN3O2. The first-order valence-corrected chi connectivity index (χ1v) is 8.17. The minimum atomic E-state index is -0.416. The molecule has 128 valence electrons. The van der Waals surface area contributed by atoms with Crippen LogP contribution >= 0.6 is 11.6 Å². The highest BCUT2D eigenvalue weighted by Gasteiger charge is 2.33. The number of aromatic nitrogens is 2. The van der Waals surface area contributed by atoms with Gasteiger partial charge in [-0.3, -0.25) is 9.48 Å². The molecule has 1 amide bonds. The number of halogens is 2. The molecule has 1 saturated heterocycles. The lowest BCUT2D eigenvalue weighted by molar-refractivity contribution is -0.121. The number of hydrogen-bond donors (Lipinski definition) is 1. The van der Waals surface area contributed by atoms with Gasteiger partial charge < -0.3 is 10.1 Å². The summed E-state index contributed by atoms with van der Waals surface area (Å²) in [5.41, 5.74) is 2.48. The van der Waals surface area contributed by atoms with E-state index in [9.17, 15) is 9.18 Å². The number of nitrogens with one attached hydrogen (secondary N) is 1. The van der Waals surface area contributed by atoms with Gasteiger partial charge in [0.2, 0.25) is 5.91 Å². The summed E-state index contributed by atoms with van der Waals surface area (Å²) in [5, 5.41) is 7.59. The van der Waals surface area contributed by atoms with E-state index in [0.29, 0.717) is 12.2 Å². The van der Waals surface area contributed by atoms with Gasteiger partial charge in [0.05, 0.1) is 18.2 Å². The molecule has 1 N–H and O–H groups in total. The van der Waals surface area contributed by atoms with Crippen molar-refractivity contribution < 1.29 is 13.9 Å². The quantitative estimate of drug-likeness (QED) is 0.921. The van der Waals surface area contributed by atoms with Crippen LogP contribution in [0.2, 0.25) is 5.02 Å². The molecule has 24 heavy (non-hydrogen) atoms. The molecule has 1 aromatic heterocycles. The predicted molar refractivity (Wildman–Crippen MR) is 88.3 cm³/mol. The van der Waals surface area contributed by atoms with E-state index in [0.717, 1.165) is 17.7 Å². The number of aryl methyl sites for hydroxylation is 2. The number of benzene rings is 1. The smallest absolute Gasteiger partial charge is 0.224 e. The SMILES string of the molecule is Cc1nn(C)cc1[C@H]1OCC[C@@H]1NC(=O)Cc1ccc(F)cc1Cl. The molecule has 7 heteroatoms. The van der Waals surface area contributed by atoms with Crippen molar-refractivity contribution in [1.82, 2.24) is 15.1 Å². The molecule has 1 aliphatic heterocycles. The Morgan fingerprint density at radius 1 is 1.54 bits per heavy atom. The topological polar surface area (TPSA) is 56.1 Å². The van der Waals surface area contributed by atoms with Gasteiger partial charge in [0.15, 0.2) is 0 Å². The molecule has 0 bridgehead atoms. The Balaban J connectivity index is 1.68. The van der Waals surface area contributed by atoms with Crippen molar-refractivity contribution in [3.63, 3.8) is 0 Å². The van der Waals surface area contributed by atoms with Crippen LogP contribution in [0.3, 0.4) is 0 Å². The van der Waals surface area contributed by atoms with Gasteiger partial charge in [-0.05, 0) is 31.0 Å². The zero-order chi connectivity index (χ0) is 17.3. The van der Waals surface area contributed by atoms with Gasteiger partial charge in [-0.2, -0.15) is 5.10 Å². The molecule has 1 aliphatic rings. The summed E-state index contributed by atoms with van der Waals surface area (Å²) in [4.78, 5) is 12.3. The van der Waals surface area contributed by atoms with Gasteiger partial charge >= 0.3 is 0 Å². The van der Waals surface area contributed by atoms with Crippen LogP contribution in [-0.4, -0.2) is 28.3 Å². The molecule has 0 spiro atoms. The molecule has 0 radical (unpaired) electrons. The zero-order valence-corrected chi connectivity index (χ0v) is 14.3. The number of amides is 1. The highest BCUT2D eigenvalue weighted by molar-refractivity contribution is 6.31. The van der Waals surface area contributed by atoms with Crippen molar-refractivity contribution in [2.45, 2.75) is 31.9 Å². The van der Waals surface area contributed by atoms with Crippen molar-refractivity contribution in [3.05, 3.63) is 52.1 Å². The number of ether oxygens (including phenoxy) is 1. The Hall–Kier alpha value is -1.92. The Labute approximate surface area is 144 Å². The maximum atomic E-state index is 13.1. The second kappa shape index (κ2) is 6.91. The third kappa shape index (κ3) is 3.60. The van der Waals surface area contributed by atoms with E-state index in [1.165, 1.54) is 18.2 Å². The number of rotatable bonds is 4. The fourth-order valence-electron chi connectivity index (χ4n) is 3.04. The third-order valence-corrected chi connectivity index (χ3v) is 4.51. The van der Waals surface area contributed by atoms with Crippen LogP contribution in [0, 0.1) is 12.7 Å². The molecule has 3 rings (SSSR count). The van der Waals surface area contributed by atoms with E-state index >= 15 is 0 Å². The molecule has 0 aliphatic carbocycles. The number of carbonyl (C=O) groups is 1. The second-order valence-corrected chi connectivity index (χ2v) is 6.42. The Kier molecular flexibility index (Phi) is 4.87. The average Bonchev–Trinajstić information content (AvgIpc) is 3.08. The van der Waals surface area contributed by atoms with Gasteiger partial charge in [0.25, 0.3) is 0 Å². The van der Waals surface area contributed by atoms with Gasteiger partial charge in [0, 0.05) is 30.4 Å². The zero-order valence-electron chi connectivity index (χ0n) is 13.6. The van der Waals surface area contributed by atoms with Crippen molar-refractivity contribution in [2.24, 2.45) is 7.05 Å². The Morgan fingerprint density at radius 3 is 3.00 bits per heavy atom. The fraction of sp³-hybridized carbons (Fsp3) is 0.412. The van der Waals surface area contributed by atoms with Crippen molar-refractivity contribution >= 4 is 17.5 Å². The largest absolute Gasteiger partial charge is 0.371 e. The first kappa shape index (κ1) is 16.9. The maximum absolute atomic E-state index is 13.1. The van der Waals surface area contributed by atoms with Crippen LogP contribution in [0.4, 0.5) is 4.39 Å². The molecule has 1 aromatic carbocycles. The summed E-state index contributed by atoms with van der Waals surface area (Å²) in [6.07, 6.45) is 2.56. The summed E-state index contributed by atoms with van der Waals surface area (Å²) in [6, 6.07) is 3.93. The summed E-state index contributed by atoms with van der Waals surface area (Å²) >= 11 is 5.98. The van der Waals surface area contributed by atoms with E-state index in [1.54, 1.807) is 4.68 Å². The normalized spacial score (nSPS) is 20.3. The fourth-order valence-corrected chi connectivity index (χ4v) is 3.27. The summed E-state index contributed by atoms with van der Waals surface area (Å²) in [6.45, 7) is 2.51. The first-order chi connectivity index (χ1) is 11.4. The Bertz CT molecular complexity index is 762. The molecule has 2 heterocycles. The summed E-state index contributed by atoms with van der Waals surface area (Å²) in [5.74, 6) is -0.578. The monoisotopic (exact) mass is 351 g/mol. The van der Waals surface area contributed by atoms with Crippen LogP contribution < -0.4 is 5.32 Å². The highest BCUT2D eigenvalue weighted by Crippen LogP contribution is 2.31. The van der Waals surface area contributed by atoms with Crippen LogP contribution in [0.15, 0.2) is 24.4 Å². The van der Waals surface area contributed by atoms with E-state index in [4.69, 9.17) is 16.3 Å². The first-order valence-electron chi connectivity index (χ1n) is 7.79. The molecular weight excluding hydrogens is 333 g/mol. The Morgan fingerprint density at radius 2 is 2.33 bits per heavy atom. The van der Waals surface area contributed by atoms with Gasteiger partial charge in [-0.15, -0.1) is 0 Å². The maximum Gasteiger partial charge on any atom is 0.224 e. The second-order valence-electron chi connectivity index (χ2n) is 6.01. The highest BCUT2D eigenvalue weighted by atomic mass is 35.5. The van der Waals surface area contributed by atoms with E-state index < -0.39 is 5.82 Å². The van der Waals surface area contributed by atoms with Gasteiger partial charge in [-0.25, -0.2) is 4.39 Å². The molecule has 2 aromatic rings. The van der Waals surface area contributed by atoms with Gasteiger partial charge in [-0.1, -0.05) is 17.7 Å². The lowest BCUT2D eigenvalue weighted by atomic mass is 10.0. The third-order valence-electron chi connectivity index (χ3n) is 4.16. The van der Waals surface area contributed by atoms with Gasteiger partial charge in [0.1, 0.15) is 11.9 Å². The number of carbonyl (C=O) groups excluding carboxylic acids is 1. The standard InChI is InChI=1S/C17H19ClFN3O2/c1-10-13(9-22(2)21-10)17-15(5-6-24-17)20-16(23)7-11-3-4-12(19)8-14(11)18/h3-4,8-9,15,17H,5-7H2,1-2H3,(H,20,23)/t15-,17+/m0/s1. The summed E-state index contributed by atoms with van der Waals surface area (Å²) < 4.78 is 20.6. The molecule has 2 atom stereocenters. The van der Waals surface area contributed by atoms with E-state index in [2.05, 4.69) is 10.4 Å². The number of hydrogen-bond acceptors (Lipinski definition) is 3. The molecule has 5 nitrogen and oxygen atoms in total. The van der Waals surface area contributed by atoms with Crippen molar-refractivity contribution in [2.75, 3.05) is 6.61 Å². The average molecular weight is 352 g/mol. The van der Waals surface area contributed by atoms with Crippen LogP contribution in [0.25, 0.3) is 0 Å². The molecule has 0 saturated carbocycles. The van der Waals surface area contributed by atoms with Crippen molar-refractivity contribution in [3.8, 4) is 0 Å². The lowest BCUT2D eigenvalue weighted by Crippen LogP contribution is -2.37.